The van der Waals surface area contributed by atoms with E-state index in [4.69, 9.17) is 11.6 Å². The van der Waals surface area contributed by atoms with Crippen molar-refractivity contribution >= 4 is 34.8 Å². The van der Waals surface area contributed by atoms with Crippen LogP contribution in [-0.2, 0) is 16.0 Å². The Labute approximate surface area is 134 Å². The van der Waals surface area contributed by atoms with Crippen LogP contribution in [0, 0.1) is 0 Å². The molecule has 0 radical (unpaired) electrons. The molecule has 5 heteroatoms. The molecule has 0 aliphatic carbocycles. The molecular formula is C17H17ClN2O2. The van der Waals surface area contributed by atoms with E-state index in [0.29, 0.717) is 10.7 Å². The number of rotatable bonds is 4. The third-order valence-corrected chi connectivity index (χ3v) is 3.54. The van der Waals surface area contributed by atoms with E-state index in [2.05, 4.69) is 5.32 Å². The van der Waals surface area contributed by atoms with Gasteiger partial charge >= 0.3 is 0 Å². The maximum Gasteiger partial charge on any atom is 0.228 e. The predicted octanol–water partition coefficient (Wildman–Crippen LogP) is 3.50. The van der Waals surface area contributed by atoms with Crippen molar-refractivity contribution in [2.45, 2.75) is 13.3 Å². The quantitative estimate of drug-likeness (QED) is 0.938. The van der Waals surface area contributed by atoms with Crippen LogP contribution in [0.15, 0.2) is 48.5 Å². The predicted molar refractivity (Wildman–Crippen MR) is 89.3 cm³/mol. The minimum absolute atomic E-state index is 0.0340. The molecule has 0 aliphatic heterocycles. The fourth-order valence-electron chi connectivity index (χ4n) is 1.94. The molecule has 2 rings (SSSR count). The van der Waals surface area contributed by atoms with Crippen molar-refractivity contribution in [3.8, 4) is 0 Å². The topological polar surface area (TPSA) is 49.4 Å². The molecule has 0 bridgehead atoms. The molecule has 0 aromatic heterocycles. The number of halogens is 1. The number of anilines is 2. The number of nitrogens with zero attached hydrogens (tertiary/aromatic N) is 1. The van der Waals surface area contributed by atoms with Crippen LogP contribution in [0.25, 0.3) is 0 Å². The average molecular weight is 317 g/mol. The van der Waals surface area contributed by atoms with Crippen LogP contribution in [0.2, 0.25) is 5.02 Å². The van der Waals surface area contributed by atoms with E-state index in [9.17, 15) is 9.59 Å². The minimum Gasteiger partial charge on any atom is -0.326 e. The summed E-state index contributed by atoms with van der Waals surface area (Å²) in [5, 5.41) is 3.44. The molecule has 4 nitrogen and oxygen atoms in total. The lowest BCUT2D eigenvalue weighted by Crippen LogP contribution is -2.22. The minimum atomic E-state index is -0.102. The van der Waals surface area contributed by atoms with Crippen LogP contribution < -0.4 is 10.2 Å². The Morgan fingerprint density at radius 3 is 2.18 bits per heavy atom. The van der Waals surface area contributed by atoms with Crippen molar-refractivity contribution in [1.29, 1.82) is 0 Å². The van der Waals surface area contributed by atoms with E-state index in [1.807, 2.05) is 24.3 Å². The van der Waals surface area contributed by atoms with Crippen molar-refractivity contribution in [3.63, 3.8) is 0 Å². The molecule has 2 aromatic rings. The van der Waals surface area contributed by atoms with Crippen LogP contribution in [0.3, 0.4) is 0 Å². The van der Waals surface area contributed by atoms with Gasteiger partial charge in [-0.15, -0.1) is 0 Å². The zero-order chi connectivity index (χ0) is 16.1. The molecule has 0 saturated carbocycles. The summed E-state index contributed by atoms with van der Waals surface area (Å²) in [6.45, 7) is 1.51. The van der Waals surface area contributed by atoms with Gasteiger partial charge in [0, 0.05) is 30.4 Å². The number of carbonyl (C=O) groups excluding carboxylic acids is 2. The molecule has 2 aromatic carbocycles. The number of carbonyl (C=O) groups is 2. The van der Waals surface area contributed by atoms with E-state index in [0.717, 1.165) is 11.3 Å². The third kappa shape index (κ3) is 4.33. The molecular weight excluding hydrogens is 300 g/mol. The second-order valence-electron chi connectivity index (χ2n) is 4.98. The summed E-state index contributed by atoms with van der Waals surface area (Å²) in [7, 11) is 1.71. The number of hydrogen-bond donors (Lipinski definition) is 1. The van der Waals surface area contributed by atoms with Gasteiger partial charge in [-0.3, -0.25) is 9.59 Å². The highest BCUT2D eigenvalue weighted by atomic mass is 35.5. The van der Waals surface area contributed by atoms with E-state index in [1.54, 1.807) is 36.2 Å². The molecule has 0 aliphatic rings. The second-order valence-corrected chi connectivity index (χ2v) is 5.41. The maximum atomic E-state index is 12.0. The molecule has 0 atom stereocenters. The van der Waals surface area contributed by atoms with Gasteiger partial charge in [0.15, 0.2) is 0 Å². The zero-order valence-electron chi connectivity index (χ0n) is 12.5. The second kappa shape index (κ2) is 7.09. The molecule has 22 heavy (non-hydrogen) atoms. The van der Waals surface area contributed by atoms with Gasteiger partial charge in [0.1, 0.15) is 0 Å². The lowest BCUT2D eigenvalue weighted by molar-refractivity contribution is -0.116. The van der Waals surface area contributed by atoms with Crippen LogP contribution in [0.4, 0.5) is 11.4 Å². The largest absolute Gasteiger partial charge is 0.326 e. The lowest BCUT2D eigenvalue weighted by atomic mass is 10.1. The van der Waals surface area contributed by atoms with Crippen molar-refractivity contribution in [2.75, 3.05) is 17.3 Å². The van der Waals surface area contributed by atoms with Gasteiger partial charge in [0.25, 0.3) is 0 Å². The number of nitrogens with one attached hydrogen (secondary N) is 1. The van der Waals surface area contributed by atoms with Crippen molar-refractivity contribution in [1.82, 2.24) is 0 Å². The van der Waals surface area contributed by atoms with E-state index in [1.165, 1.54) is 6.92 Å². The Morgan fingerprint density at radius 2 is 1.64 bits per heavy atom. The first kappa shape index (κ1) is 16.0. The van der Waals surface area contributed by atoms with Gasteiger partial charge in [0.05, 0.1) is 6.42 Å². The van der Waals surface area contributed by atoms with Crippen LogP contribution in [-0.4, -0.2) is 18.9 Å². The van der Waals surface area contributed by atoms with Gasteiger partial charge in [-0.1, -0.05) is 23.7 Å². The summed E-state index contributed by atoms with van der Waals surface area (Å²) in [5.41, 5.74) is 2.39. The number of hydrogen-bond acceptors (Lipinski definition) is 2. The summed E-state index contributed by atoms with van der Waals surface area (Å²) in [5.74, 6) is -0.136. The van der Waals surface area contributed by atoms with Gasteiger partial charge in [-0.2, -0.15) is 0 Å². The van der Waals surface area contributed by atoms with Gasteiger partial charge in [-0.05, 0) is 42.0 Å². The van der Waals surface area contributed by atoms with E-state index >= 15 is 0 Å². The molecule has 2 amide bonds. The maximum absolute atomic E-state index is 12.0. The Balaban J connectivity index is 1.97. The summed E-state index contributed by atoms with van der Waals surface area (Å²) in [4.78, 5) is 24.8. The molecule has 0 unspecified atom stereocenters. The zero-order valence-corrected chi connectivity index (χ0v) is 13.2. The van der Waals surface area contributed by atoms with Gasteiger partial charge in [-0.25, -0.2) is 0 Å². The van der Waals surface area contributed by atoms with E-state index in [-0.39, 0.29) is 18.2 Å². The first-order valence-electron chi connectivity index (χ1n) is 6.84. The van der Waals surface area contributed by atoms with Crippen molar-refractivity contribution < 1.29 is 9.59 Å². The Kier molecular flexibility index (Phi) is 5.17. The Morgan fingerprint density at radius 1 is 1.05 bits per heavy atom. The standard InChI is InChI=1S/C17H17ClN2O2/c1-12(21)20(2)16-9-3-13(4-10-16)11-17(22)19-15-7-5-14(18)6-8-15/h3-10H,11H2,1-2H3,(H,19,22). The Hall–Kier alpha value is -2.33. The Bertz CT molecular complexity index is 666. The van der Waals surface area contributed by atoms with Crippen LogP contribution >= 0.6 is 11.6 Å². The lowest BCUT2D eigenvalue weighted by Gasteiger charge is -2.15. The molecule has 1 N–H and O–H groups in total. The highest BCUT2D eigenvalue weighted by molar-refractivity contribution is 6.30. The SMILES string of the molecule is CC(=O)N(C)c1ccc(CC(=O)Nc2ccc(Cl)cc2)cc1. The summed E-state index contributed by atoms with van der Waals surface area (Å²) in [6, 6.07) is 14.3. The molecule has 0 saturated heterocycles. The fourth-order valence-corrected chi connectivity index (χ4v) is 2.07. The summed E-state index contributed by atoms with van der Waals surface area (Å²) in [6.07, 6.45) is 0.271. The average Bonchev–Trinajstić information content (AvgIpc) is 2.49. The number of benzene rings is 2. The van der Waals surface area contributed by atoms with Gasteiger partial charge < -0.3 is 10.2 Å². The smallest absolute Gasteiger partial charge is 0.228 e. The van der Waals surface area contributed by atoms with Crippen LogP contribution in [0.5, 0.6) is 0 Å². The molecule has 0 heterocycles. The third-order valence-electron chi connectivity index (χ3n) is 3.29. The highest BCUT2D eigenvalue weighted by Crippen LogP contribution is 2.16. The fraction of sp³-hybridized carbons (Fsp3) is 0.176. The molecule has 114 valence electrons. The first-order chi connectivity index (χ1) is 10.5. The van der Waals surface area contributed by atoms with Crippen molar-refractivity contribution in [2.24, 2.45) is 0 Å². The van der Waals surface area contributed by atoms with Gasteiger partial charge in [0.2, 0.25) is 11.8 Å². The molecule has 0 spiro atoms. The normalized spacial score (nSPS) is 10.1. The van der Waals surface area contributed by atoms with Crippen molar-refractivity contribution in [3.05, 3.63) is 59.1 Å². The summed E-state index contributed by atoms with van der Waals surface area (Å²) >= 11 is 5.80. The highest BCUT2D eigenvalue weighted by Gasteiger charge is 2.07. The summed E-state index contributed by atoms with van der Waals surface area (Å²) < 4.78 is 0. The first-order valence-corrected chi connectivity index (χ1v) is 7.22. The monoisotopic (exact) mass is 316 g/mol. The number of amides is 2. The molecule has 0 fully saturated rings. The van der Waals surface area contributed by atoms with E-state index < -0.39 is 0 Å². The van der Waals surface area contributed by atoms with Crippen LogP contribution in [0.1, 0.15) is 12.5 Å².